The number of halogens is 2. The Morgan fingerprint density at radius 2 is 1.86 bits per heavy atom. The summed E-state index contributed by atoms with van der Waals surface area (Å²) in [4.78, 5) is 3.88. The van der Waals surface area contributed by atoms with Gasteiger partial charge in [-0.3, -0.25) is 0 Å². The van der Waals surface area contributed by atoms with E-state index in [4.69, 9.17) is 0 Å². The minimum atomic E-state index is -2.52. The van der Waals surface area contributed by atoms with Crippen molar-refractivity contribution in [2.75, 3.05) is 0 Å². The molecular weight excluding hydrogens is 184 g/mol. The summed E-state index contributed by atoms with van der Waals surface area (Å²) in [6.45, 7) is 9.02. The Balaban J connectivity index is 3.67. The first-order valence-corrected chi connectivity index (χ1v) is 4.39. The molecule has 0 atom stereocenters. The first-order valence-electron chi connectivity index (χ1n) is 4.39. The average Bonchev–Trinajstić information content (AvgIpc) is 2.14. The van der Waals surface area contributed by atoms with Crippen LogP contribution in [0.5, 0.6) is 0 Å². The molecule has 0 unspecified atom stereocenters. The van der Waals surface area contributed by atoms with Crippen LogP contribution in [0.2, 0.25) is 0 Å². The molecule has 76 valence electrons. The first kappa shape index (κ1) is 10.8. The highest BCUT2D eigenvalue weighted by molar-refractivity contribution is 5.34. The van der Waals surface area contributed by atoms with E-state index in [0.717, 1.165) is 10.8 Å². The molecule has 0 fully saturated rings. The predicted molar refractivity (Wildman–Crippen MR) is 53.6 cm³/mol. The molecule has 0 radical (unpaired) electrons. The predicted octanol–water partition coefficient (Wildman–Crippen LogP) is 1.85. The van der Waals surface area contributed by atoms with Crippen LogP contribution in [0.1, 0.15) is 30.2 Å². The molecule has 0 saturated carbocycles. The molecule has 1 aromatic rings. The summed E-state index contributed by atoms with van der Waals surface area (Å²) in [7, 11) is 0. The maximum Gasteiger partial charge on any atom is 0.280 e. The van der Waals surface area contributed by atoms with Gasteiger partial charge in [0, 0.05) is 0 Å². The zero-order chi connectivity index (χ0) is 10.9. The molecule has 3 heteroatoms. The van der Waals surface area contributed by atoms with Crippen molar-refractivity contribution in [3.63, 3.8) is 0 Å². The zero-order valence-electron chi connectivity index (χ0n) is 8.56. The summed E-state index contributed by atoms with van der Waals surface area (Å²) in [6.07, 6.45) is -0.825. The molecule has 0 aromatic carbocycles. The topological polar surface area (TPSA) is 12.9 Å². The van der Waals surface area contributed by atoms with Gasteiger partial charge in [0.15, 0.2) is 0 Å². The third-order valence-electron chi connectivity index (χ3n) is 2.43. The summed E-state index contributed by atoms with van der Waals surface area (Å²) < 4.78 is 25.1. The number of hydrogen-bond donors (Lipinski definition) is 0. The lowest BCUT2D eigenvalue weighted by Crippen LogP contribution is -2.31. The quantitative estimate of drug-likeness (QED) is 0.669. The number of alkyl halides is 2. The van der Waals surface area contributed by atoms with Gasteiger partial charge >= 0.3 is 0 Å². The molecule has 0 aliphatic heterocycles. The van der Waals surface area contributed by atoms with E-state index in [1.54, 1.807) is 26.8 Å². The van der Waals surface area contributed by atoms with Crippen molar-refractivity contribution in [2.45, 2.75) is 27.2 Å². The second kappa shape index (κ2) is 3.86. The van der Waals surface area contributed by atoms with Crippen molar-refractivity contribution in [1.82, 2.24) is 4.98 Å². The summed E-state index contributed by atoms with van der Waals surface area (Å²) in [5, 5.41) is 1.28. The number of pyridine rings is 1. The van der Waals surface area contributed by atoms with Crippen LogP contribution in [0.4, 0.5) is 8.78 Å². The Morgan fingerprint density at radius 3 is 2.29 bits per heavy atom. The molecule has 0 aliphatic carbocycles. The number of rotatable bonds is 1. The van der Waals surface area contributed by atoms with Crippen molar-refractivity contribution in [2.24, 2.45) is 0 Å². The molecule has 0 spiro atoms. The van der Waals surface area contributed by atoms with Crippen LogP contribution < -0.4 is 10.6 Å². The normalized spacial score (nSPS) is 12.6. The lowest BCUT2D eigenvalue weighted by molar-refractivity contribution is 0.145. The Morgan fingerprint density at radius 1 is 1.29 bits per heavy atom. The van der Waals surface area contributed by atoms with Gasteiger partial charge in [0.25, 0.3) is 6.43 Å². The van der Waals surface area contributed by atoms with E-state index < -0.39 is 6.43 Å². The van der Waals surface area contributed by atoms with E-state index in [2.05, 4.69) is 11.6 Å². The lowest BCUT2D eigenvalue weighted by atomic mass is 10.1. The highest BCUT2D eigenvalue weighted by Crippen LogP contribution is 2.19. The van der Waals surface area contributed by atoms with Crippen molar-refractivity contribution in [3.05, 3.63) is 27.4 Å². The standard InChI is InChI=1S/C11H13F2N/c1-5-9-7(3)6(2)8(4)10(14-9)11(12)13/h5,11H,3H2,1-2,4H3/b9-5+. The van der Waals surface area contributed by atoms with Crippen LogP contribution in [-0.2, 0) is 0 Å². The first-order chi connectivity index (χ1) is 6.49. The van der Waals surface area contributed by atoms with E-state index in [-0.39, 0.29) is 5.69 Å². The Hall–Kier alpha value is -1.25. The highest BCUT2D eigenvalue weighted by Gasteiger charge is 2.14. The van der Waals surface area contributed by atoms with Crippen molar-refractivity contribution >= 4 is 12.7 Å². The molecule has 0 aliphatic rings. The number of aromatic nitrogens is 1. The molecule has 1 nitrogen and oxygen atoms in total. The Kier molecular flexibility index (Phi) is 2.99. The van der Waals surface area contributed by atoms with Crippen LogP contribution in [-0.4, -0.2) is 4.98 Å². The fraction of sp³-hybridized carbons (Fsp3) is 0.364. The maximum absolute atomic E-state index is 12.6. The van der Waals surface area contributed by atoms with Crippen LogP contribution in [0.3, 0.4) is 0 Å². The van der Waals surface area contributed by atoms with Gasteiger partial charge in [-0.2, -0.15) is 0 Å². The Bertz CT molecular complexity index is 449. The molecule has 0 amide bonds. The van der Waals surface area contributed by atoms with Crippen LogP contribution in [0, 0.1) is 13.8 Å². The van der Waals surface area contributed by atoms with Crippen molar-refractivity contribution in [3.8, 4) is 0 Å². The van der Waals surface area contributed by atoms with Crippen molar-refractivity contribution < 1.29 is 8.78 Å². The molecule has 1 aromatic heterocycles. The maximum atomic E-state index is 12.6. The van der Waals surface area contributed by atoms with Gasteiger partial charge in [-0.25, -0.2) is 13.8 Å². The van der Waals surface area contributed by atoms with Gasteiger partial charge in [0.1, 0.15) is 5.69 Å². The molecule has 0 saturated heterocycles. The summed E-state index contributed by atoms with van der Waals surface area (Å²) in [5.41, 5.74) is 1.20. The minimum Gasteiger partial charge on any atom is -0.247 e. The average molecular weight is 197 g/mol. The second-order valence-corrected chi connectivity index (χ2v) is 3.20. The van der Waals surface area contributed by atoms with Crippen LogP contribution in [0.15, 0.2) is 0 Å². The molecular formula is C11H13F2N. The van der Waals surface area contributed by atoms with Crippen molar-refractivity contribution in [1.29, 1.82) is 0 Å². The van der Waals surface area contributed by atoms with Gasteiger partial charge in [-0.1, -0.05) is 12.7 Å². The third kappa shape index (κ3) is 1.67. The van der Waals surface area contributed by atoms with Gasteiger partial charge in [-0.15, -0.1) is 0 Å². The summed E-state index contributed by atoms with van der Waals surface area (Å²) in [5.74, 6) is 0. The fourth-order valence-electron chi connectivity index (χ4n) is 1.34. The highest BCUT2D eigenvalue weighted by atomic mass is 19.3. The minimum absolute atomic E-state index is 0.136. The third-order valence-corrected chi connectivity index (χ3v) is 2.43. The van der Waals surface area contributed by atoms with E-state index >= 15 is 0 Å². The zero-order valence-corrected chi connectivity index (χ0v) is 8.56. The smallest absolute Gasteiger partial charge is 0.247 e. The summed E-state index contributed by atoms with van der Waals surface area (Å²) in [6, 6.07) is 0. The number of nitrogens with zero attached hydrogens (tertiary/aromatic N) is 1. The second-order valence-electron chi connectivity index (χ2n) is 3.20. The van der Waals surface area contributed by atoms with Crippen LogP contribution in [0.25, 0.3) is 12.7 Å². The Labute approximate surface area is 81.8 Å². The molecule has 1 rings (SSSR count). The van der Waals surface area contributed by atoms with Gasteiger partial charge in [0.2, 0.25) is 0 Å². The van der Waals surface area contributed by atoms with Gasteiger partial charge in [-0.05, 0) is 37.1 Å². The van der Waals surface area contributed by atoms with E-state index in [1.165, 1.54) is 0 Å². The van der Waals surface area contributed by atoms with E-state index in [1.807, 2.05) is 0 Å². The largest absolute Gasteiger partial charge is 0.280 e. The molecule has 1 heterocycles. The SMILES string of the molecule is C=c1c(C)c(C)c(C(F)F)n/c1=C/C. The van der Waals surface area contributed by atoms with Crippen LogP contribution >= 0.6 is 0 Å². The fourth-order valence-corrected chi connectivity index (χ4v) is 1.34. The number of hydrogen-bond acceptors (Lipinski definition) is 1. The molecule has 14 heavy (non-hydrogen) atoms. The monoisotopic (exact) mass is 197 g/mol. The molecule has 0 N–H and O–H groups in total. The van der Waals surface area contributed by atoms with E-state index in [9.17, 15) is 8.78 Å². The lowest BCUT2D eigenvalue weighted by Gasteiger charge is -2.07. The van der Waals surface area contributed by atoms with Gasteiger partial charge in [0.05, 0.1) is 5.35 Å². The van der Waals surface area contributed by atoms with Gasteiger partial charge < -0.3 is 0 Å². The summed E-state index contributed by atoms with van der Waals surface area (Å²) >= 11 is 0. The molecule has 0 bridgehead atoms. The van der Waals surface area contributed by atoms with E-state index in [0.29, 0.717) is 10.9 Å².